The van der Waals surface area contributed by atoms with E-state index >= 15 is 0 Å². The van der Waals surface area contributed by atoms with Crippen molar-refractivity contribution in [2.75, 3.05) is 20.1 Å². The summed E-state index contributed by atoms with van der Waals surface area (Å²) in [7, 11) is 1.74. The number of aliphatic imine (C=N–C) groups is 1. The average Bonchev–Trinajstić information content (AvgIpc) is 2.81. The minimum absolute atomic E-state index is 0.277. The van der Waals surface area contributed by atoms with E-state index in [-0.39, 0.29) is 5.56 Å². The molecule has 4 nitrogen and oxygen atoms in total. The Hall–Kier alpha value is -1.62. The van der Waals surface area contributed by atoms with E-state index in [1.807, 2.05) is 0 Å². The average molecular weight is 255 g/mol. The predicted octanol–water partition coefficient (Wildman–Crippen LogP) is 1.70. The summed E-state index contributed by atoms with van der Waals surface area (Å²) in [5, 5.41) is 9.03. The maximum atomic E-state index is 13.4. The van der Waals surface area contributed by atoms with Gasteiger partial charge in [0.05, 0.1) is 17.8 Å². The van der Waals surface area contributed by atoms with Crippen LogP contribution in [-0.2, 0) is 0 Å². The molecule has 0 fully saturated rings. The predicted molar refractivity (Wildman–Crippen MR) is 67.1 cm³/mol. The molecule has 2 rings (SSSR count). The molecule has 1 aliphatic rings. The molecule has 0 aliphatic carbocycles. The molecule has 0 atom stereocenters. The quantitative estimate of drug-likeness (QED) is 0.645. The Labute approximate surface area is 104 Å². The number of hydrazone groups is 1. The molecule has 0 aromatic heterocycles. The maximum absolute atomic E-state index is 13.4. The highest BCUT2D eigenvalue weighted by atomic mass is 35.5. The van der Waals surface area contributed by atoms with E-state index in [0.717, 1.165) is 13.1 Å². The zero-order chi connectivity index (χ0) is 12.3. The number of hydrogen-bond donors (Lipinski definition) is 1. The number of guanidine groups is 1. The first kappa shape index (κ1) is 11.9. The lowest BCUT2D eigenvalue weighted by molar-refractivity contribution is 0.530. The summed E-state index contributed by atoms with van der Waals surface area (Å²) >= 11 is 5.88. The summed E-state index contributed by atoms with van der Waals surface area (Å²) < 4.78 is 13.4. The second kappa shape index (κ2) is 5.14. The lowest BCUT2D eigenvalue weighted by Crippen LogP contribution is -2.32. The molecule has 1 N–H and O–H groups in total. The van der Waals surface area contributed by atoms with Gasteiger partial charge in [0.25, 0.3) is 0 Å². The van der Waals surface area contributed by atoms with Crippen LogP contribution < -0.4 is 5.32 Å². The van der Waals surface area contributed by atoms with Gasteiger partial charge in [0.1, 0.15) is 5.82 Å². The summed E-state index contributed by atoms with van der Waals surface area (Å²) in [6, 6.07) is 4.53. The normalized spacial score (nSPS) is 14.9. The molecule has 1 aromatic rings. The molecule has 1 heterocycles. The van der Waals surface area contributed by atoms with E-state index < -0.39 is 5.82 Å². The molecule has 0 spiro atoms. The van der Waals surface area contributed by atoms with E-state index in [4.69, 9.17) is 11.6 Å². The van der Waals surface area contributed by atoms with Crippen LogP contribution in [0.25, 0.3) is 0 Å². The Balaban J connectivity index is 2.14. The number of nitrogens with one attached hydrogen (secondary N) is 1. The highest BCUT2D eigenvalue weighted by molar-refractivity contribution is 6.33. The topological polar surface area (TPSA) is 40.0 Å². The Morgan fingerprint density at radius 2 is 2.41 bits per heavy atom. The molecule has 0 radical (unpaired) electrons. The van der Waals surface area contributed by atoms with E-state index in [1.54, 1.807) is 24.2 Å². The van der Waals surface area contributed by atoms with E-state index in [0.29, 0.717) is 11.0 Å². The van der Waals surface area contributed by atoms with Crippen LogP contribution in [-0.4, -0.2) is 37.3 Å². The number of nitrogens with zero attached hydrogens (tertiary/aromatic N) is 3. The standard InChI is InChI=1S/C11H12ClFN4/c1-17(11-14-5-6-15-11)16-7-8-9(12)3-2-4-10(8)13/h2-4,7H,5-6H2,1H3,(H,14,15). The molecule has 0 bridgehead atoms. The van der Waals surface area contributed by atoms with E-state index in [1.165, 1.54) is 12.3 Å². The van der Waals surface area contributed by atoms with Gasteiger partial charge in [-0.3, -0.25) is 0 Å². The molecule has 0 saturated heterocycles. The second-order valence-corrected chi connectivity index (χ2v) is 3.94. The smallest absolute Gasteiger partial charge is 0.214 e. The molecule has 0 amide bonds. The number of hydrogen-bond acceptors (Lipinski definition) is 4. The Morgan fingerprint density at radius 3 is 3.06 bits per heavy atom. The highest BCUT2D eigenvalue weighted by Gasteiger charge is 2.09. The van der Waals surface area contributed by atoms with E-state index in [2.05, 4.69) is 15.4 Å². The van der Waals surface area contributed by atoms with Gasteiger partial charge in [-0.1, -0.05) is 17.7 Å². The van der Waals surface area contributed by atoms with Crippen molar-refractivity contribution >= 4 is 23.8 Å². The Bertz CT molecular complexity index is 452. The first-order chi connectivity index (χ1) is 8.18. The van der Waals surface area contributed by atoms with Crippen LogP contribution in [0, 0.1) is 5.82 Å². The number of benzene rings is 1. The third-order valence-electron chi connectivity index (χ3n) is 2.32. The lowest BCUT2D eigenvalue weighted by atomic mass is 10.2. The van der Waals surface area contributed by atoms with Gasteiger partial charge in [-0.05, 0) is 12.1 Å². The fourth-order valence-corrected chi connectivity index (χ4v) is 1.65. The van der Waals surface area contributed by atoms with Crippen LogP contribution in [0.15, 0.2) is 28.3 Å². The monoisotopic (exact) mass is 254 g/mol. The largest absolute Gasteiger partial charge is 0.353 e. The van der Waals surface area contributed by atoms with Gasteiger partial charge in [0.15, 0.2) is 0 Å². The van der Waals surface area contributed by atoms with Crippen LogP contribution in [0.2, 0.25) is 5.02 Å². The molecular formula is C11H12ClFN4. The minimum Gasteiger partial charge on any atom is -0.353 e. The van der Waals surface area contributed by atoms with Crippen LogP contribution >= 0.6 is 11.6 Å². The van der Waals surface area contributed by atoms with Crippen molar-refractivity contribution in [3.05, 3.63) is 34.6 Å². The van der Waals surface area contributed by atoms with Gasteiger partial charge < -0.3 is 5.32 Å². The van der Waals surface area contributed by atoms with Crippen LogP contribution in [0.3, 0.4) is 0 Å². The van der Waals surface area contributed by atoms with Crippen LogP contribution in [0.1, 0.15) is 5.56 Å². The van der Waals surface area contributed by atoms with Gasteiger partial charge >= 0.3 is 0 Å². The molecule has 90 valence electrons. The van der Waals surface area contributed by atoms with Crippen molar-refractivity contribution in [1.82, 2.24) is 10.3 Å². The third-order valence-corrected chi connectivity index (χ3v) is 2.65. The van der Waals surface area contributed by atoms with Gasteiger partial charge in [-0.15, -0.1) is 0 Å². The molecule has 0 unspecified atom stereocenters. The molecule has 1 aromatic carbocycles. The summed E-state index contributed by atoms with van der Waals surface area (Å²) in [6.07, 6.45) is 1.39. The molecule has 17 heavy (non-hydrogen) atoms. The minimum atomic E-state index is -0.393. The first-order valence-electron chi connectivity index (χ1n) is 5.18. The van der Waals surface area contributed by atoms with Crippen molar-refractivity contribution in [1.29, 1.82) is 0 Å². The van der Waals surface area contributed by atoms with Crippen molar-refractivity contribution in [2.24, 2.45) is 10.1 Å². The fraction of sp³-hybridized carbons (Fsp3) is 0.273. The van der Waals surface area contributed by atoms with Crippen LogP contribution in [0.4, 0.5) is 4.39 Å². The maximum Gasteiger partial charge on any atom is 0.214 e. The molecular weight excluding hydrogens is 243 g/mol. The Kier molecular flexibility index (Phi) is 3.58. The van der Waals surface area contributed by atoms with E-state index in [9.17, 15) is 4.39 Å². The zero-order valence-corrected chi connectivity index (χ0v) is 10.1. The third kappa shape index (κ3) is 2.74. The number of rotatable bonds is 2. The zero-order valence-electron chi connectivity index (χ0n) is 9.32. The summed E-state index contributed by atoms with van der Waals surface area (Å²) in [4.78, 5) is 4.18. The Morgan fingerprint density at radius 1 is 1.59 bits per heavy atom. The molecule has 1 aliphatic heterocycles. The number of halogens is 2. The van der Waals surface area contributed by atoms with Crippen LogP contribution in [0.5, 0.6) is 0 Å². The summed E-state index contributed by atoms with van der Waals surface area (Å²) in [6.45, 7) is 1.53. The molecule has 6 heteroatoms. The first-order valence-corrected chi connectivity index (χ1v) is 5.56. The van der Waals surface area contributed by atoms with Gasteiger partial charge in [0, 0.05) is 19.2 Å². The van der Waals surface area contributed by atoms with Gasteiger partial charge in [-0.25, -0.2) is 14.4 Å². The van der Waals surface area contributed by atoms with Crippen molar-refractivity contribution in [3.63, 3.8) is 0 Å². The summed E-state index contributed by atoms with van der Waals surface area (Å²) in [5.41, 5.74) is 0.277. The van der Waals surface area contributed by atoms with Crippen molar-refractivity contribution in [2.45, 2.75) is 0 Å². The second-order valence-electron chi connectivity index (χ2n) is 3.54. The SMILES string of the molecule is CN(N=Cc1c(F)cccc1Cl)C1=NCCN1. The van der Waals surface area contributed by atoms with Gasteiger partial charge in [0.2, 0.25) is 5.96 Å². The highest BCUT2D eigenvalue weighted by Crippen LogP contribution is 2.16. The fourth-order valence-electron chi connectivity index (χ4n) is 1.44. The van der Waals surface area contributed by atoms with Crippen molar-refractivity contribution in [3.8, 4) is 0 Å². The summed E-state index contributed by atoms with van der Waals surface area (Å²) in [5.74, 6) is 0.282. The van der Waals surface area contributed by atoms with Crippen molar-refractivity contribution < 1.29 is 4.39 Å². The molecule has 0 saturated carbocycles. The lowest BCUT2D eigenvalue weighted by Gasteiger charge is -2.12. The van der Waals surface area contributed by atoms with Gasteiger partial charge in [-0.2, -0.15) is 5.10 Å².